The van der Waals surface area contributed by atoms with Gasteiger partial charge in [0.15, 0.2) is 0 Å². The van der Waals surface area contributed by atoms with E-state index >= 15 is 0 Å². The molecule has 17 heavy (non-hydrogen) atoms. The van der Waals surface area contributed by atoms with Crippen molar-refractivity contribution in [2.75, 3.05) is 6.61 Å². The van der Waals surface area contributed by atoms with Gasteiger partial charge in [0.25, 0.3) is 0 Å². The number of rotatable bonds is 9. The van der Waals surface area contributed by atoms with E-state index in [2.05, 4.69) is 13.8 Å². The molecule has 0 spiro atoms. The molecule has 0 aliphatic heterocycles. The van der Waals surface area contributed by atoms with E-state index in [0.717, 1.165) is 37.3 Å². The van der Waals surface area contributed by atoms with Crippen LogP contribution in [0.5, 0.6) is 0 Å². The van der Waals surface area contributed by atoms with Gasteiger partial charge in [-0.1, -0.05) is 39.5 Å². The summed E-state index contributed by atoms with van der Waals surface area (Å²) in [6.45, 7) is 4.78. The van der Waals surface area contributed by atoms with Gasteiger partial charge in [0.05, 0.1) is 6.61 Å². The Labute approximate surface area is 103 Å². The second kappa shape index (κ2) is 9.87. The lowest BCUT2D eigenvalue weighted by molar-refractivity contribution is -0.138. The van der Waals surface area contributed by atoms with Crippen molar-refractivity contribution in [2.45, 2.75) is 46.0 Å². The summed E-state index contributed by atoms with van der Waals surface area (Å²) in [6.07, 6.45) is 7.20. The molecule has 4 heteroatoms. The van der Waals surface area contributed by atoms with Crippen LogP contribution in [-0.2, 0) is 14.3 Å². The first-order valence-corrected chi connectivity index (χ1v) is 6.10. The highest BCUT2D eigenvalue weighted by molar-refractivity contribution is 5.90. The molecular formula is C13H22O4. The minimum atomic E-state index is -1.14. The molecule has 0 amide bonds. The Hall–Kier alpha value is -1.32. The first kappa shape index (κ1) is 15.7. The number of hydrogen-bond donors (Lipinski definition) is 1. The number of carboxylic acid groups (broad SMARTS) is 1. The van der Waals surface area contributed by atoms with E-state index in [4.69, 9.17) is 9.84 Å². The molecule has 0 radical (unpaired) electrons. The smallest absolute Gasteiger partial charge is 0.331 e. The summed E-state index contributed by atoms with van der Waals surface area (Å²) >= 11 is 0. The number of hydrogen-bond acceptors (Lipinski definition) is 3. The standard InChI is InChI=1S/C13H22O4/c1-11(2)7-5-3-4-6-10-17-13(16)9-8-12(14)15/h8-9,11H,3-7,10H2,1-2H3,(H,14,15). The van der Waals surface area contributed by atoms with Crippen LogP contribution in [0.25, 0.3) is 0 Å². The zero-order valence-corrected chi connectivity index (χ0v) is 10.6. The number of carbonyl (C=O) groups is 2. The van der Waals surface area contributed by atoms with Crippen molar-refractivity contribution in [3.63, 3.8) is 0 Å². The molecule has 0 fully saturated rings. The number of carbonyl (C=O) groups excluding carboxylic acids is 1. The van der Waals surface area contributed by atoms with E-state index in [1.54, 1.807) is 0 Å². The Bertz CT molecular complexity index is 256. The minimum Gasteiger partial charge on any atom is -0.478 e. The first-order valence-electron chi connectivity index (χ1n) is 6.10. The molecule has 0 rings (SSSR count). The molecule has 0 saturated carbocycles. The molecule has 0 bridgehead atoms. The van der Waals surface area contributed by atoms with Gasteiger partial charge in [0.1, 0.15) is 0 Å². The number of aliphatic carboxylic acids is 1. The van der Waals surface area contributed by atoms with Crippen LogP contribution in [0.15, 0.2) is 12.2 Å². The van der Waals surface area contributed by atoms with Crippen molar-refractivity contribution < 1.29 is 19.4 Å². The average Bonchev–Trinajstić information content (AvgIpc) is 2.24. The average molecular weight is 242 g/mol. The molecule has 0 atom stereocenters. The van der Waals surface area contributed by atoms with Gasteiger partial charge in [-0.25, -0.2) is 9.59 Å². The lowest BCUT2D eigenvalue weighted by Crippen LogP contribution is -2.03. The normalized spacial score (nSPS) is 11.0. The molecule has 4 nitrogen and oxygen atoms in total. The van der Waals surface area contributed by atoms with Crippen LogP contribution in [-0.4, -0.2) is 23.7 Å². The number of esters is 1. The fourth-order valence-electron chi connectivity index (χ4n) is 1.37. The van der Waals surface area contributed by atoms with Crippen LogP contribution in [0.3, 0.4) is 0 Å². The van der Waals surface area contributed by atoms with Gasteiger partial charge in [-0.2, -0.15) is 0 Å². The van der Waals surface area contributed by atoms with E-state index in [-0.39, 0.29) is 0 Å². The first-order chi connectivity index (χ1) is 8.02. The second-order valence-electron chi connectivity index (χ2n) is 4.44. The van der Waals surface area contributed by atoms with Crippen molar-refractivity contribution >= 4 is 11.9 Å². The topological polar surface area (TPSA) is 63.6 Å². The van der Waals surface area contributed by atoms with Crippen LogP contribution < -0.4 is 0 Å². The molecular weight excluding hydrogens is 220 g/mol. The SMILES string of the molecule is CC(C)CCCCCCOC(=O)C=CC(=O)O. The molecule has 0 aliphatic carbocycles. The maximum atomic E-state index is 11.0. The molecule has 98 valence electrons. The van der Waals surface area contributed by atoms with E-state index in [9.17, 15) is 9.59 Å². The summed E-state index contributed by atoms with van der Waals surface area (Å²) < 4.78 is 4.83. The highest BCUT2D eigenvalue weighted by Crippen LogP contribution is 2.09. The van der Waals surface area contributed by atoms with Gasteiger partial charge in [-0.3, -0.25) is 0 Å². The Morgan fingerprint density at radius 3 is 2.35 bits per heavy atom. The Morgan fingerprint density at radius 2 is 1.76 bits per heavy atom. The fraction of sp³-hybridized carbons (Fsp3) is 0.692. The molecule has 0 unspecified atom stereocenters. The van der Waals surface area contributed by atoms with Crippen LogP contribution >= 0.6 is 0 Å². The van der Waals surface area contributed by atoms with E-state index in [1.807, 2.05) is 0 Å². The third kappa shape index (κ3) is 12.6. The van der Waals surface area contributed by atoms with Crippen LogP contribution in [0.4, 0.5) is 0 Å². The highest BCUT2D eigenvalue weighted by atomic mass is 16.5. The predicted octanol–water partition coefficient (Wildman–Crippen LogP) is 2.78. The zero-order chi connectivity index (χ0) is 13.1. The maximum absolute atomic E-state index is 11.0. The molecule has 0 aromatic heterocycles. The van der Waals surface area contributed by atoms with E-state index < -0.39 is 11.9 Å². The summed E-state index contributed by atoms with van der Waals surface area (Å²) in [7, 11) is 0. The van der Waals surface area contributed by atoms with Crippen LogP contribution in [0.2, 0.25) is 0 Å². The summed E-state index contributed by atoms with van der Waals surface area (Å²) in [5.41, 5.74) is 0. The van der Waals surface area contributed by atoms with Crippen LogP contribution in [0, 0.1) is 5.92 Å². The van der Waals surface area contributed by atoms with Gasteiger partial charge in [0.2, 0.25) is 0 Å². The zero-order valence-electron chi connectivity index (χ0n) is 10.6. The number of carboxylic acids is 1. The Kier molecular flexibility index (Phi) is 9.11. The molecule has 0 aromatic carbocycles. The number of unbranched alkanes of at least 4 members (excludes halogenated alkanes) is 3. The molecule has 1 N–H and O–H groups in total. The van der Waals surface area contributed by atoms with E-state index in [0.29, 0.717) is 6.61 Å². The van der Waals surface area contributed by atoms with Gasteiger partial charge in [0, 0.05) is 12.2 Å². The lowest BCUT2D eigenvalue weighted by Gasteiger charge is -2.04. The van der Waals surface area contributed by atoms with Crippen LogP contribution in [0.1, 0.15) is 46.0 Å². The molecule has 0 saturated heterocycles. The molecule has 0 heterocycles. The largest absolute Gasteiger partial charge is 0.478 e. The third-order valence-electron chi connectivity index (χ3n) is 2.28. The summed E-state index contributed by atoms with van der Waals surface area (Å²) in [5, 5.41) is 8.28. The van der Waals surface area contributed by atoms with Gasteiger partial charge in [-0.05, 0) is 12.3 Å². The molecule has 0 aromatic rings. The third-order valence-corrected chi connectivity index (χ3v) is 2.28. The fourth-order valence-corrected chi connectivity index (χ4v) is 1.37. The lowest BCUT2D eigenvalue weighted by atomic mass is 10.0. The van der Waals surface area contributed by atoms with Crippen molar-refractivity contribution in [3.8, 4) is 0 Å². The van der Waals surface area contributed by atoms with Crippen molar-refractivity contribution in [3.05, 3.63) is 12.2 Å². The Morgan fingerprint density at radius 1 is 1.12 bits per heavy atom. The highest BCUT2D eigenvalue weighted by Gasteiger charge is 1.98. The maximum Gasteiger partial charge on any atom is 0.331 e. The summed E-state index contributed by atoms with van der Waals surface area (Å²) in [5.74, 6) is -0.987. The number of ether oxygens (including phenoxy) is 1. The quantitative estimate of drug-likeness (QED) is 0.383. The van der Waals surface area contributed by atoms with E-state index in [1.165, 1.54) is 12.8 Å². The monoisotopic (exact) mass is 242 g/mol. The molecule has 0 aliphatic rings. The van der Waals surface area contributed by atoms with Gasteiger partial charge < -0.3 is 9.84 Å². The van der Waals surface area contributed by atoms with Crippen molar-refractivity contribution in [1.29, 1.82) is 0 Å². The minimum absolute atomic E-state index is 0.366. The van der Waals surface area contributed by atoms with Crippen molar-refractivity contribution in [1.82, 2.24) is 0 Å². The Balaban J connectivity index is 3.34. The second-order valence-corrected chi connectivity index (χ2v) is 4.44. The summed E-state index contributed by atoms with van der Waals surface area (Å²) in [6, 6.07) is 0. The summed E-state index contributed by atoms with van der Waals surface area (Å²) in [4.78, 5) is 21.1. The van der Waals surface area contributed by atoms with Gasteiger partial charge in [-0.15, -0.1) is 0 Å². The van der Waals surface area contributed by atoms with Gasteiger partial charge >= 0.3 is 11.9 Å². The predicted molar refractivity (Wildman–Crippen MR) is 65.7 cm³/mol. The van der Waals surface area contributed by atoms with Crippen molar-refractivity contribution in [2.24, 2.45) is 5.92 Å².